The van der Waals surface area contributed by atoms with Crippen molar-refractivity contribution in [3.8, 4) is 5.69 Å². The first-order chi connectivity index (χ1) is 14.2. The molecule has 0 fully saturated rings. The summed E-state index contributed by atoms with van der Waals surface area (Å²) in [6.07, 6.45) is -6.58. The fourth-order valence-electron chi connectivity index (χ4n) is 2.47. The van der Waals surface area contributed by atoms with Crippen LogP contribution in [0.2, 0.25) is 5.02 Å². The molecule has 1 amide bonds. The van der Waals surface area contributed by atoms with Crippen molar-refractivity contribution in [2.75, 3.05) is 16.6 Å². The quantitative estimate of drug-likeness (QED) is 0.464. The van der Waals surface area contributed by atoms with E-state index in [1.807, 2.05) is 0 Å². The minimum absolute atomic E-state index is 0.00712. The van der Waals surface area contributed by atoms with Crippen molar-refractivity contribution in [2.24, 2.45) is 7.05 Å². The molecule has 170 valence electrons. The molecule has 1 aromatic carbocycles. The van der Waals surface area contributed by atoms with E-state index in [0.29, 0.717) is 19.2 Å². The van der Waals surface area contributed by atoms with Crippen LogP contribution in [0, 0.1) is 5.82 Å². The maximum atomic E-state index is 14.5. The topological polar surface area (TPSA) is 108 Å². The Morgan fingerprint density at radius 2 is 1.81 bits per heavy atom. The van der Waals surface area contributed by atoms with E-state index in [1.165, 1.54) is 0 Å². The molecule has 0 saturated heterocycles. The number of sulfonamides is 1. The lowest BCUT2D eigenvalue weighted by atomic mass is 10.2. The highest BCUT2D eigenvalue weighted by molar-refractivity contribution is 7.94. The average Bonchev–Trinajstić information content (AvgIpc) is 2.66. The Morgan fingerprint density at radius 3 is 2.29 bits per heavy atom. The number of hydrogen-bond donors (Lipinski definition) is 0. The van der Waals surface area contributed by atoms with Gasteiger partial charge in [-0.2, -0.15) is 17.5 Å². The standard InChI is InChI=1S/C15H11Cl2F4N3O6S/c1-22-11(15(19,20)21)5-12(25)23(13(22)26)10-4-9(7(17)3-8(10)18)24(14(27)30-2)31(28,29)6-16/h3-5H,6H2,1-2H3. The van der Waals surface area contributed by atoms with E-state index in [4.69, 9.17) is 23.2 Å². The summed E-state index contributed by atoms with van der Waals surface area (Å²) in [4.78, 5) is 36.6. The second-order valence-electron chi connectivity index (χ2n) is 5.75. The molecule has 1 aromatic heterocycles. The molecule has 2 aromatic rings. The number of rotatable bonds is 4. The minimum Gasteiger partial charge on any atom is -0.452 e. The minimum atomic E-state index is -5.06. The molecule has 0 radical (unpaired) electrons. The molecule has 0 aliphatic heterocycles. The molecule has 16 heteroatoms. The fourth-order valence-corrected chi connectivity index (χ4v) is 3.89. The van der Waals surface area contributed by atoms with Crippen LogP contribution < -0.4 is 15.6 Å². The van der Waals surface area contributed by atoms with Crippen LogP contribution >= 0.6 is 23.2 Å². The van der Waals surface area contributed by atoms with Gasteiger partial charge in [0.2, 0.25) is 0 Å². The Hall–Kier alpha value is -2.58. The number of alkyl halides is 4. The third-order valence-corrected chi connectivity index (χ3v) is 6.15. The zero-order valence-electron chi connectivity index (χ0n) is 15.4. The molecular weight excluding hydrogens is 497 g/mol. The summed E-state index contributed by atoms with van der Waals surface area (Å²) in [6.45, 7) is 0. The predicted octanol–water partition coefficient (Wildman–Crippen LogP) is 2.45. The van der Waals surface area contributed by atoms with Gasteiger partial charge in [0.1, 0.15) is 16.7 Å². The van der Waals surface area contributed by atoms with E-state index in [-0.39, 0.29) is 19.5 Å². The molecular formula is C15H11Cl2F4N3O6S. The first-order valence-electron chi connectivity index (χ1n) is 7.74. The first kappa shape index (κ1) is 24.7. The number of carbonyl (C=O) groups is 1. The van der Waals surface area contributed by atoms with Crippen LogP contribution in [0.15, 0.2) is 27.8 Å². The van der Waals surface area contributed by atoms with E-state index < -0.39 is 66.7 Å². The van der Waals surface area contributed by atoms with Gasteiger partial charge in [-0.3, -0.25) is 9.36 Å². The van der Waals surface area contributed by atoms with Crippen LogP contribution in [-0.4, -0.2) is 36.0 Å². The Kier molecular flexibility index (Phi) is 6.78. The number of aromatic nitrogens is 2. The molecule has 0 aliphatic rings. The number of ether oxygens (including phenoxy) is 1. The molecule has 0 unspecified atom stereocenters. The van der Waals surface area contributed by atoms with Gasteiger partial charge in [0.25, 0.3) is 15.6 Å². The van der Waals surface area contributed by atoms with Crippen LogP contribution in [-0.2, 0) is 28.0 Å². The van der Waals surface area contributed by atoms with Gasteiger partial charge in [-0.1, -0.05) is 11.6 Å². The maximum absolute atomic E-state index is 14.5. The molecule has 0 atom stereocenters. The number of halogens is 6. The molecule has 31 heavy (non-hydrogen) atoms. The summed E-state index contributed by atoms with van der Waals surface area (Å²) < 4.78 is 82.3. The van der Waals surface area contributed by atoms with Gasteiger partial charge >= 0.3 is 18.0 Å². The van der Waals surface area contributed by atoms with Crippen LogP contribution in [0.1, 0.15) is 5.69 Å². The van der Waals surface area contributed by atoms with E-state index in [2.05, 4.69) is 4.74 Å². The number of anilines is 1. The Morgan fingerprint density at radius 1 is 1.23 bits per heavy atom. The third-order valence-electron chi connectivity index (χ3n) is 3.84. The second kappa shape index (κ2) is 8.51. The summed E-state index contributed by atoms with van der Waals surface area (Å²) in [7, 11) is -3.11. The van der Waals surface area contributed by atoms with Crippen molar-refractivity contribution in [1.82, 2.24) is 9.13 Å². The van der Waals surface area contributed by atoms with Crippen molar-refractivity contribution >= 4 is 45.0 Å². The van der Waals surface area contributed by atoms with Crippen LogP contribution in [0.5, 0.6) is 0 Å². The van der Waals surface area contributed by atoms with Gasteiger partial charge in [-0.25, -0.2) is 27.0 Å². The van der Waals surface area contributed by atoms with E-state index in [9.17, 15) is 40.4 Å². The SMILES string of the molecule is COC(=O)N(c1cc(-n2c(=O)cc(C(F)(F)F)n(C)c2=O)c(F)cc1Cl)S(=O)(=O)CCl. The molecule has 0 bridgehead atoms. The average molecular weight is 508 g/mol. The normalized spacial score (nSPS) is 12.0. The van der Waals surface area contributed by atoms with Crippen LogP contribution in [0.25, 0.3) is 5.69 Å². The summed E-state index contributed by atoms with van der Waals surface area (Å²) in [6, 6.07) is 1.01. The number of carbonyl (C=O) groups excluding carboxylic acids is 1. The van der Waals surface area contributed by atoms with Gasteiger partial charge in [0.05, 0.1) is 23.5 Å². The van der Waals surface area contributed by atoms with Gasteiger partial charge in [0, 0.05) is 13.1 Å². The highest BCUT2D eigenvalue weighted by Crippen LogP contribution is 2.33. The van der Waals surface area contributed by atoms with Crippen LogP contribution in [0.3, 0.4) is 0 Å². The first-order valence-corrected chi connectivity index (χ1v) is 10.3. The van der Waals surface area contributed by atoms with Crippen LogP contribution in [0.4, 0.5) is 28.0 Å². The summed E-state index contributed by atoms with van der Waals surface area (Å²) in [5.74, 6) is -1.37. The monoisotopic (exact) mass is 507 g/mol. The second-order valence-corrected chi connectivity index (χ2v) is 8.56. The largest absolute Gasteiger partial charge is 0.452 e. The fraction of sp³-hybridized carbons (Fsp3) is 0.267. The van der Waals surface area contributed by atoms with Crippen molar-refractivity contribution in [3.63, 3.8) is 0 Å². The Labute approximate surface area is 181 Å². The molecule has 0 saturated carbocycles. The molecule has 0 N–H and O–H groups in total. The van der Waals surface area contributed by atoms with Crippen molar-refractivity contribution in [3.05, 3.63) is 55.6 Å². The number of nitrogens with zero attached hydrogens (tertiary/aromatic N) is 3. The Balaban J connectivity index is 2.92. The lowest BCUT2D eigenvalue weighted by molar-refractivity contribution is -0.144. The number of hydrogen-bond acceptors (Lipinski definition) is 6. The summed E-state index contributed by atoms with van der Waals surface area (Å²) in [5.41, 5.74) is -6.52. The lowest BCUT2D eigenvalue weighted by Gasteiger charge is -2.22. The number of methoxy groups -OCH3 is 1. The zero-order valence-corrected chi connectivity index (χ0v) is 17.7. The van der Waals surface area contributed by atoms with E-state index in [0.717, 1.165) is 7.11 Å². The smallest absolute Gasteiger partial charge is 0.431 e. The third kappa shape index (κ3) is 4.55. The Bertz CT molecular complexity index is 1270. The van der Waals surface area contributed by atoms with Crippen molar-refractivity contribution in [1.29, 1.82) is 0 Å². The molecule has 2 rings (SSSR count). The molecule has 0 aliphatic carbocycles. The van der Waals surface area contributed by atoms with E-state index in [1.54, 1.807) is 0 Å². The van der Waals surface area contributed by atoms with Gasteiger partial charge in [0.15, 0.2) is 0 Å². The van der Waals surface area contributed by atoms with Gasteiger partial charge in [-0.15, -0.1) is 11.6 Å². The number of amides is 1. The molecule has 1 heterocycles. The highest BCUT2D eigenvalue weighted by Gasteiger charge is 2.36. The van der Waals surface area contributed by atoms with Crippen molar-refractivity contribution < 1.29 is 35.5 Å². The van der Waals surface area contributed by atoms with E-state index >= 15 is 0 Å². The number of benzene rings is 1. The molecule has 0 spiro atoms. The maximum Gasteiger partial charge on any atom is 0.431 e. The highest BCUT2D eigenvalue weighted by atomic mass is 35.5. The van der Waals surface area contributed by atoms with Crippen molar-refractivity contribution in [2.45, 2.75) is 6.18 Å². The van der Waals surface area contributed by atoms with Gasteiger partial charge < -0.3 is 4.74 Å². The zero-order chi connectivity index (χ0) is 23.9. The summed E-state index contributed by atoms with van der Waals surface area (Å²) >= 11 is 11.2. The summed E-state index contributed by atoms with van der Waals surface area (Å²) in [5, 5.41) is -1.82. The van der Waals surface area contributed by atoms with Gasteiger partial charge in [-0.05, 0) is 12.1 Å². The lowest BCUT2D eigenvalue weighted by Crippen LogP contribution is -2.41. The predicted molar refractivity (Wildman–Crippen MR) is 102 cm³/mol. The molecule has 9 nitrogen and oxygen atoms in total.